The van der Waals surface area contributed by atoms with Gasteiger partial charge in [-0.05, 0) is 31.0 Å². The number of carboxylic acids is 1. The molecule has 2 aromatic heterocycles. The summed E-state index contributed by atoms with van der Waals surface area (Å²) in [6.07, 6.45) is 1.20. The van der Waals surface area contributed by atoms with E-state index in [0.29, 0.717) is 38.2 Å². The number of carboxylic acid groups (broad SMARTS) is 1. The van der Waals surface area contributed by atoms with E-state index in [0.717, 1.165) is 17.1 Å². The summed E-state index contributed by atoms with van der Waals surface area (Å²) in [5, 5.41) is 13.6. The molecule has 0 aromatic carbocycles. The van der Waals surface area contributed by atoms with Crippen LogP contribution in [0.25, 0.3) is 0 Å². The number of aryl methyl sites for hydroxylation is 2. The number of pyridine rings is 1. The van der Waals surface area contributed by atoms with Gasteiger partial charge in [0.15, 0.2) is 0 Å². The predicted molar refractivity (Wildman–Crippen MR) is 95.4 cm³/mol. The van der Waals surface area contributed by atoms with E-state index < -0.39 is 23.7 Å². The van der Waals surface area contributed by atoms with Gasteiger partial charge in [0, 0.05) is 31.7 Å². The molecule has 6 nitrogen and oxygen atoms in total. The monoisotopic (exact) mass is 376 g/mol. The molecule has 144 valence electrons. The first-order valence-electron chi connectivity index (χ1n) is 9.26. The molecule has 2 fully saturated rings. The second kappa shape index (κ2) is 6.28. The van der Waals surface area contributed by atoms with Crippen LogP contribution in [0.2, 0.25) is 0 Å². The molecule has 1 saturated carbocycles. The normalized spacial score (nSPS) is 22.7. The van der Waals surface area contributed by atoms with Crippen molar-refractivity contribution in [2.45, 2.75) is 39.2 Å². The van der Waals surface area contributed by atoms with Gasteiger partial charge in [0.1, 0.15) is 11.5 Å². The van der Waals surface area contributed by atoms with Crippen LogP contribution in [0.5, 0.6) is 0 Å². The Labute approximate surface area is 155 Å². The molecule has 0 spiro atoms. The molecule has 2 unspecified atom stereocenters. The summed E-state index contributed by atoms with van der Waals surface area (Å²) in [5.41, 5.74) is 2.73. The smallest absolute Gasteiger partial charge is 0.354 e. The Morgan fingerprint density at radius 3 is 2.56 bits per heavy atom. The minimum Gasteiger partial charge on any atom is -0.477 e. The fraction of sp³-hybridized carbons (Fsp3) is 0.526. The van der Waals surface area contributed by atoms with E-state index in [9.17, 15) is 18.7 Å². The second-order valence-corrected chi connectivity index (χ2v) is 7.24. The molecule has 2 aliphatic rings. The minimum absolute atomic E-state index is 0.173. The second-order valence-electron chi connectivity index (χ2n) is 7.24. The number of piperidine rings is 1. The van der Waals surface area contributed by atoms with E-state index in [-0.39, 0.29) is 5.69 Å². The van der Waals surface area contributed by atoms with Crippen LogP contribution < -0.4 is 4.90 Å². The lowest BCUT2D eigenvalue weighted by atomic mass is 10.1. The summed E-state index contributed by atoms with van der Waals surface area (Å²) >= 11 is 0. The lowest BCUT2D eigenvalue weighted by molar-refractivity contribution is 0.0683. The number of hydrogen-bond acceptors (Lipinski definition) is 4. The number of hydrogen-bond donors (Lipinski definition) is 1. The highest BCUT2D eigenvalue weighted by Gasteiger charge is 2.71. The number of carbonyl (C=O) groups is 1. The average molecular weight is 376 g/mol. The number of anilines is 1. The maximum Gasteiger partial charge on any atom is 0.354 e. The van der Waals surface area contributed by atoms with Gasteiger partial charge in [0.2, 0.25) is 0 Å². The zero-order chi connectivity index (χ0) is 19.3. The van der Waals surface area contributed by atoms with Crippen LogP contribution >= 0.6 is 0 Å². The Hall–Kier alpha value is -2.51. The summed E-state index contributed by atoms with van der Waals surface area (Å²) < 4.78 is 28.3. The maximum atomic E-state index is 13.4. The third kappa shape index (κ3) is 2.96. The van der Waals surface area contributed by atoms with Crippen LogP contribution in [0.3, 0.4) is 0 Å². The van der Waals surface area contributed by atoms with Crippen LogP contribution in [-0.4, -0.2) is 44.9 Å². The first kappa shape index (κ1) is 17.9. The molecule has 8 heteroatoms. The van der Waals surface area contributed by atoms with Gasteiger partial charge in [-0.15, -0.1) is 0 Å². The van der Waals surface area contributed by atoms with Crippen LogP contribution in [0.1, 0.15) is 41.3 Å². The number of fused-ring (bicyclic) bond motifs is 1. The predicted octanol–water partition coefficient (Wildman–Crippen LogP) is 2.85. The Bertz CT molecular complexity index is 882. The topological polar surface area (TPSA) is 71.2 Å². The standard InChI is InChI=1S/C19H22F2N4O2/c1-3-15-11(7-12-8-16(18(26)27)25(4-2)23-12)5-6-17(22-15)24-9-13-14(10-24)19(13,20)21/h5-6,8,13-14H,3-4,7,9-10H2,1-2H3,(H,26,27). The van der Waals surface area contributed by atoms with Crippen LogP contribution in [0, 0.1) is 11.8 Å². The van der Waals surface area contributed by atoms with Crippen molar-refractivity contribution >= 4 is 11.8 Å². The minimum atomic E-state index is -2.50. The maximum absolute atomic E-state index is 13.4. The molecule has 0 amide bonds. The Morgan fingerprint density at radius 1 is 1.30 bits per heavy atom. The zero-order valence-corrected chi connectivity index (χ0v) is 15.3. The van der Waals surface area contributed by atoms with Crippen LogP contribution in [0.15, 0.2) is 18.2 Å². The molecule has 1 N–H and O–H groups in total. The molecular formula is C19H22F2N4O2. The van der Waals surface area contributed by atoms with Crippen molar-refractivity contribution in [2.24, 2.45) is 11.8 Å². The SMILES string of the molecule is CCc1nc(N2CC3C(C2)C3(F)F)ccc1Cc1cc(C(=O)O)n(CC)n1. The number of aromatic carboxylic acids is 1. The van der Waals surface area contributed by atoms with Gasteiger partial charge in [-0.3, -0.25) is 4.68 Å². The number of halogens is 2. The summed E-state index contributed by atoms with van der Waals surface area (Å²) in [6.45, 7) is 5.05. The van der Waals surface area contributed by atoms with Gasteiger partial charge < -0.3 is 10.0 Å². The number of aromatic nitrogens is 3. The molecule has 1 aliphatic heterocycles. The summed E-state index contributed by atoms with van der Waals surface area (Å²) in [5.74, 6) is -3.81. The molecule has 27 heavy (non-hydrogen) atoms. The average Bonchev–Trinajstić information content (AvgIpc) is 3.08. The lowest BCUT2D eigenvalue weighted by Crippen LogP contribution is -2.28. The molecule has 2 aromatic rings. The van der Waals surface area contributed by atoms with Gasteiger partial charge in [-0.2, -0.15) is 5.10 Å². The van der Waals surface area contributed by atoms with Crippen LogP contribution in [-0.2, 0) is 19.4 Å². The number of nitrogens with zero attached hydrogens (tertiary/aromatic N) is 4. The molecule has 3 heterocycles. The van der Waals surface area contributed by atoms with E-state index in [1.165, 1.54) is 4.68 Å². The largest absolute Gasteiger partial charge is 0.477 e. The van der Waals surface area contributed by atoms with E-state index in [2.05, 4.69) is 10.1 Å². The van der Waals surface area contributed by atoms with Gasteiger partial charge in [-0.25, -0.2) is 18.6 Å². The summed E-state index contributed by atoms with van der Waals surface area (Å²) in [4.78, 5) is 17.9. The third-order valence-corrected chi connectivity index (χ3v) is 5.63. The van der Waals surface area contributed by atoms with Crippen molar-refractivity contribution in [3.8, 4) is 0 Å². The fourth-order valence-corrected chi connectivity index (χ4v) is 4.02. The van der Waals surface area contributed by atoms with Crippen molar-refractivity contribution < 1.29 is 18.7 Å². The Morgan fingerprint density at radius 2 is 2.00 bits per heavy atom. The highest BCUT2D eigenvalue weighted by molar-refractivity contribution is 5.85. The first-order chi connectivity index (χ1) is 12.8. The van der Waals surface area contributed by atoms with Gasteiger partial charge in [0.05, 0.1) is 17.5 Å². The van der Waals surface area contributed by atoms with Gasteiger partial charge >= 0.3 is 5.97 Å². The molecule has 1 saturated heterocycles. The van der Waals surface area contributed by atoms with Gasteiger partial charge in [-0.1, -0.05) is 13.0 Å². The highest BCUT2D eigenvalue weighted by Crippen LogP contribution is 2.59. The van der Waals surface area contributed by atoms with Crippen molar-refractivity contribution in [1.82, 2.24) is 14.8 Å². The molecular weight excluding hydrogens is 354 g/mol. The lowest BCUT2D eigenvalue weighted by Gasteiger charge is -2.22. The highest BCUT2D eigenvalue weighted by atomic mass is 19.3. The van der Waals surface area contributed by atoms with Gasteiger partial charge in [0.25, 0.3) is 5.92 Å². The Balaban J connectivity index is 1.53. The quantitative estimate of drug-likeness (QED) is 0.839. The van der Waals surface area contributed by atoms with Crippen molar-refractivity contribution in [3.05, 3.63) is 40.8 Å². The van der Waals surface area contributed by atoms with E-state index in [1.54, 1.807) is 6.07 Å². The Kier molecular flexibility index (Phi) is 4.16. The molecule has 4 rings (SSSR count). The van der Waals surface area contributed by atoms with Crippen molar-refractivity contribution in [1.29, 1.82) is 0 Å². The summed E-state index contributed by atoms with van der Waals surface area (Å²) in [6, 6.07) is 5.41. The fourth-order valence-electron chi connectivity index (χ4n) is 4.02. The summed E-state index contributed by atoms with van der Waals surface area (Å²) in [7, 11) is 0. The number of alkyl halides is 2. The van der Waals surface area contributed by atoms with E-state index in [1.807, 2.05) is 30.9 Å². The van der Waals surface area contributed by atoms with Crippen LogP contribution in [0.4, 0.5) is 14.6 Å². The molecule has 2 atom stereocenters. The molecule has 1 aliphatic carbocycles. The molecule has 0 bridgehead atoms. The van der Waals surface area contributed by atoms with Crippen molar-refractivity contribution in [3.63, 3.8) is 0 Å². The molecule has 0 radical (unpaired) electrons. The zero-order valence-electron chi connectivity index (χ0n) is 15.3. The first-order valence-corrected chi connectivity index (χ1v) is 9.26. The third-order valence-electron chi connectivity index (χ3n) is 5.63. The van der Waals surface area contributed by atoms with E-state index >= 15 is 0 Å². The number of rotatable bonds is 6. The van der Waals surface area contributed by atoms with Crippen molar-refractivity contribution in [2.75, 3.05) is 18.0 Å². The van der Waals surface area contributed by atoms with E-state index in [4.69, 9.17) is 0 Å².